The number of aromatic amines is 1. The summed E-state index contributed by atoms with van der Waals surface area (Å²) < 4.78 is 5.57. The van der Waals surface area contributed by atoms with Gasteiger partial charge < -0.3 is 20.0 Å². The summed E-state index contributed by atoms with van der Waals surface area (Å²) in [5, 5.41) is 7.89. The van der Waals surface area contributed by atoms with E-state index in [-0.39, 0.29) is 24.0 Å². The fraction of sp³-hybridized carbons (Fsp3) is 0.368. The first-order valence-corrected chi connectivity index (χ1v) is 8.51. The van der Waals surface area contributed by atoms with Crippen LogP contribution in [0.1, 0.15) is 28.5 Å². The number of rotatable bonds is 5. The maximum Gasteiger partial charge on any atom is 0.214 e. The van der Waals surface area contributed by atoms with E-state index >= 15 is 0 Å². The molecule has 0 aliphatic rings. The predicted octanol–water partition coefficient (Wildman–Crippen LogP) is 3.61. The summed E-state index contributed by atoms with van der Waals surface area (Å²) in [6, 6.07) is 6.34. The van der Waals surface area contributed by atoms with Gasteiger partial charge in [-0.25, -0.2) is 4.98 Å². The molecule has 0 amide bonds. The number of aliphatic imine (C=N–C) groups is 1. The van der Waals surface area contributed by atoms with Gasteiger partial charge >= 0.3 is 0 Å². The van der Waals surface area contributed by atoms with E-state index in [1.165, 1.54) is 22.0 Å². The molecule has 0 atom stereocenters. The molecule has 2 aromatic heterocycles. The average Bonchev–Trinajstić information content (AvgIpc) is 3.15. The Morgan fingerprint density at radius 1 is 1.23 bits per heavy atom. The van der Waals surface area contributed by atoms with Crippen LogP contribution in [0, 0.1) is 20.8 Å². The number of fused-ring (bicyclic) bond motifs is 1. The lowest BCUT2D eigenvalue weighted by Gasteiger charge is -2.10. The van der Waals surface area contributed by atoms with Gasteiger partial charge in [0.15, 0.2) is 5.96 Å². The van der Waals surface area contributed by atoms with Crippen LogP contribution in [0.4, 0.5) is 0 Å². The van der Waals surface area contributed by atoms with Crippen LogP contribution in [0.3, 0.4) is 0 Å². The molecular formula is C19H26IN5O. The fourth-order valence-corrected chi connectivity index (χ4v) is 2.96. The molecule has 0 radical (unpaired) electrons. The van der Waals surface area contributed by atoms with Gasteiger partial charge in [0.25, 0.3) is 0 Å². The standard InChI is InChI=1S/C19H25N5O.HI/c1-12-6-5-7-16-18(12)15(10-22-16)8-9-21-19(20-4)23-11-17-24-13(2)14(3)25-17;/h5-7,10,22H,8-9,11H2,1-4H3,(H2,20,21,23);1H. The molecule has 0 bridgehead atoms. The smallest absolute Gasteiger partial charge is 0.214 e. The van der Waals surface area contributed by atoms with Crippen LogP contribution in [0.15, 0.2) is 33.8 Å². The van der Waals surface area contributed by atoms with Gasteiger partial charge in [0.05, 0.1) is 12.2 Å². The van der Waals surface area contributed by atoms with E-state index < -0.39 is 0 Å². The maximum absolute atomic E-state index is 5.57. The van der Waals surface area contributed by atoms with Gasteiger partial charge in [-0.05, 0) is 44.4 Å². The predicted molar refractivity (Wildman–Crippen MR) is 116 cm³/mol. The van der Waals surface area contributed by atoms with Gasteiger partial charge in [0, 0.05) is 30.7 Å². The van der Waals surface area contributed by atoms with Crippen LogP contribution >= 0.6 is 24.0 Å². The largest absolute Gasteiger partial charge is 0.444 e. The first-order valence-electron chi connectivity index (χ1n) is 8.51. The molecule has 0 saturated heterocycles. The third kappa shape index (κ3) is 4.57. The number of nitrogens with zero attached hydrogens (tertiary/aromatic N) is 2. The minimum absolute atomic E-state index is 0. The first-order chi connectivity index (χ1) is 12.1. The highest BCUT2D eigenvalue weighted by atomic mass is 127. The zero-order valence-corrected chi connectivity index (χ0v) is 18.0. The van der Waals surface area contributed by atoms with Gasteiger partial charge in [0.2, 0.25) is 5.89 Å². The van der Waals surface area contributed by atoms with Gasteiger partial charge in [-0.3, -0.25) is 4.99 Å². The number of aromatic nitrogens is 2. The Hall–Kier alpha value is -2.03. The molecule has 2 heterocycles. The molecule has 7 heteroatoms. The van der Waals surface area contributed by atoms with Crippen molar-refractivity contribution >= 4 is 40.8 Å². The third-order valence-corrected chi connectivity index (χ3v) is 4.39. The Morgan fingerprint density at radius 3 is 2.73 bits per heavy atom. The second kappa shape index (κ2) is 9.07. The molecule has 26 heavy (non-hydrogen) atoms. The molecule has 3 aromatic rings. The third-order valence-electron chi connectivity index (χ3n) is 4.39. The number of nitrogens with one attached hydrogen (secondary N) is 3. The number of hydrogen-bond donors (Lipinski definition) is 3. The Balaban J connectivity index is 0.00000243. The normalized spacial score (nSPS) is 11.5. The fourth-order valence-electron chi connectivity index (χ4n) is 2.96. The van der Waals surface area contributed by atoms with Crippen LogP contribution in [-0.4, -0.2) is 29.5 Å². The zero-order valence-electron chi connectivity index (χ0n) is 15.6. The first kappa shape index (κ1) is 20.3. The highest BCUT2D eigenvalue weighted by Gasteiger charge is 2.08. The van der Waals surface area contributed by atoms with Gasteiger partial charge in [-0.2, -0.15) is 0 Å². The molecule has 0 fully saturated rings. The van der Waals surface area contributed by atoms with Crippen LogP contribution in [-0.2, 0) is 13.0 Å². The highest BCUT2D eigenvalue weighted by molar-refractivity contribution is 14.0. The van der Waals surface area contributed by atoms with E-state index in [4.69, 9.17) is 4.42 Å². The monoisotopic (exact) mass is 467 g/mol. The van der Waals surface area contributed by atoms with Crippen molar-refractivity contribution in [3.63, 3.8) is 0 Å². The van der Waals surface area contributed by atoms with Crippen LogP contribution < -0.4 is 10.6 Å². The molecule has 0 spiro atoms. The molecular weight excluding hydrogens is 441 g/mol. The number of H-pyrrole nitrogens is 1. The molecule has 6 nitrogen and oxygen atoms in total. The lowest BCUT2D eigenvalue weighted by molar-refractivity contribution is 0.464. The SMILES string of the molecule is CN=C(NCCc1c[nH]c2cccc(C)c12)NCc1nc(C)c(C)o1.I. The zero-order chi connectivity index (χ0) is 17.8. The van der Waals surface area contributed by atoms with Crippen LogP contribution in [0.5, 0.6) is 0 Å². The second-order valence-electron chi connectivity index (χ2n) is 6.16. The summed E-state index contributed by atoms with van der Waals surface area (Å²) in [6.07, 6.45) is 3.01. The van der Waals surface area contributed by atoms with Gasteiger partial charge in [0.1, 0.15) is 5.76 Å². The Labute approximate surface area is 170 Å². The molecule has 3 N–H and O–H groups in total. The Bertz CT molecular complexity index is 877. The van der Waals surface area contributed by atoms with E-state index in [1.54, 1.807) is 7.05 Å². The van der Waals surface area contributed by atoms with E-state index in [9.17, 15) is 0 Å². The number of halogens is 1. The lowest BCUT2D eigenvalue weighted by atomic mass is 10.1. The topological polar surface area (TPSA) is 78.2 Å². The van der Waals surface area contributed by atoms with Crippen molar-refractivity contribution in [2.75, 3.05) is 13.6 Å². The number of guanidine groups is 1. The molecule has 0 aliphatic heterocycles. The van der Waals surface area contributed by atoms with Crippen molar-refractivity contribution in [3.8, 4) is 0 Å². The van der Waals surface area contributed by atoms with Gasteiger partial charge in [-0.1, -0.05) is 12.1 Å². The van der Waals surface area contributed by atoms with Crippen LogP contribution in [0.2, 0.25) is 0 Å². The summed E-state index contributed by atoms with van der Waals surface area (Å²) in [6.45, 7) is 7.32. The molecule has 0 unspecified atom stereocenters. The van der Waals surface area contributed by atoms with Crippen molar-refractivity contribution in [1.82, 2.24) is 20.6 Å². The van der Waals surface area contributed by atoms with E-state index in [0.29, 0.717) is 12.4 Å². The minimum atomic E-state index is 0. The van der Waals surface area contributed by atoms with E-state index in [1.807, 2.05) is 13.8 Å². The Morgan fingerprint density at radius 2 is 2.04 bits per heavy atom. The summed E-state index contributed by atoms with van der Waals surface area (Å²) in [4.78, 5) is 12.0. The minimum Gasteiger partial charge on any atom is -0.444 e. The average molecular weight is 467 g/mol. The molecule has 3 rings (SSSR count). The summed E-state index contributed by atoms with van der Waals surface area (Å²) in [7, 11) is 1.76. The second-order valence-corrected chi connectivity index (χ2v) is 6.16. The summed E-state index contributed by atoms with van der Waals surface area (Å²) in [5.74, 6) is 2.27. The van der Waals surface area contributed by atoms with Crippen LogP contribution in [0.25, 0.3) is 10.9 Å². The molecule has 1 aromatic carbocycles. The number of benzene rings is 1. The van der Waals surface area contributed by atoms with E-state index in [2.05, 4.69) is 56.9 Å². The van der Waals surface area contributed by atoms with Gasteiger partial charge in [-0.15, -0.1) is 24.0 Å². The quantitative estimate of drug-likeness (QED) is 0.305. The molecule has 0 saturated carbocycles. The van der Waals surface area contributed by atoms with Crippen molar-refractivity contribution in [2.45, 2.75) is 33.7 Å². The van der Waals surface area contributed by atoms with Crippen molar-refractivity contribution in [1.29, 1.82) is 0 Å². The molecule has 0 aliphatic carbocycles. The summed E-state index contributed by atoms with van der Waals surface area (Å²) >= 11 is 0. The molecule has 140 valence electrons. The maximum atomic E-state index is 5.57. The van der Waals surface area contributed by atoms with E-state index in [0.717, 1.165) is 30.4 Å². The number of aryl methyl sites for hydroxylation is 3. The lowest BCUT2D eigenvalue weighted by Crippen LogP contribution is -2.37. The summed E-state index contributed by atoms with van der Waals surface area (Å²) in [5.41, 5.74) is 4.72. The number of hydrogen-bond acceptors (Lipinski definition) is 3. The van der Waals surface area contributed by atoms with Crippen molar-refractivity contribution < 1.29 is 4.42 Å². The Kier molecular flexibility index (Phi) is 7.07. The van der Waals surface area contributed by atoms with Crippen molar-refractivity contribution in [2.24, 2.45) is 4.99 Å². The highest BCUT2D eigenvalue weighted by Crippen LogP contribution is 2.22. The number of oxazole rings is 1. The van der Waals surface area contributed by atoms with Crippen molar-refractivity contribution in [3.05, 3.63) is 52.9 Å².